The van der Waals surface area contributed by atoms with Crippen molar-refractivity contribution in [3.05, 3.63) is 40.3 Å². The minimum Gasteiger partial charge on any atom is -0.504 e. The highest BCUT2D eigenvalue weighted by atomic mass is 31.2. The first-order valence-corrected chi connectivity index (χ1v) is 10.8. The van der Waals surface area contributed by atoms with E-state index in [-0.39, 0.29) is 11.4 Å². The Balaban J connectivity index is 2.60. The van der Waals surface area contributed by atoms with Crippen LogP contribution in [-0.4, -0.2) is 29.7 Å². The van der Waals surface area contributed by atoms with E-state index < -0.39 is 7.14 Å². The molecule has 1 unspecified atom stereocenters. The van der Waals surface area contributed by atoms with Crippen molar-refractivity contribution in [1.29, 1.82) is 0 Å². The van der Waals surface area contributed by atoms with Gasteiger partial charge < -0.3 is 18.9 Å². The fourth-order valence-corrected chi connectivity index (χ4v) is 5.87. The summed E-state index contributed by atoms with van der Waals surface area (Å²) in [6.07, 6.45) is 1.85. The van der Waals surface area contributed by atoms with Gasteiger partial charge in [-0.2, -0.15) is 0 Å². The van der Waals surface area contributed by atoms with E-state index in [1.54, 1.807) is 0 Å². The number of ether oxygens (including phenoxy) is 1. The number of nitrogens with zero attached hydrogens (tertiary/aromatic N) is 1. The molecule has 1 atom stereocenters. The van der Waals surface area contributed by atoms with Gasteiger partial charge in [0.25, 0.3) is 0 Å². The van der Waals surface area contributed by atoms with Gasteiger partial charge in [-0.25, -0.2) is 0 Å². The van der Waals surface area contributed by atoms with Gasteiger partial charge in [-0.3, -0.25) is 0 Å². The molecule has 0 saturated heterocycles. The molecule has 0 saturated carbocycles. The molecule has 1 N–H and O–H groups in total. The van der Waals surface area contributed by atoms with E-state index in [2.05, 4.69) is 5.16 Å². The second-order valence-corrected chi connectivity index (χ2v) is 10.3. The van der Waals surface area contributed by atoms with Gasteiger partial charge in [0.1, 0.15) is 5.76 Å². The first-order valence-electron chi connectivity index (χ1n) is 8.64. The van der Waals surface area contributed by atoms with Gasteiger partial charge >= 0.3 is 0 Å². The maximum absolute atomic E-state index is 13.6. The summed E-state index contributed by atoms with van der Waals surface area (Å²) in [5.41, 5.74) is 3.34. The molecule has 0 spiro atoms. The minimum atomic E-state index is -2.47. The van der Waals surface area contributed by atoms with Crippen LogP contribution in [0.2, 0.25) is 0 Å². The highest BCUT2D eigenvalue weighted by molar-refractivity contribution is 7.64. The Hall–Kier alpha value is -1.74. The standard InChI is InChI=1S/C19H28NO4P/c1-7-25(22,8-2)18(11-16-13(4)20-24-14(16)5)15-9-12(3)19(21)17(10-15)23-6/h9-10,18,21H,7-8,11H2,1-6H3. The van der Waals surface area contributed by atoms with E-state index in [9.17, 15) is 9.67 Å². The van der Waals surface area contributed by atoms with Crippen molar-refractivity contribution in [2.45, 2.75) is 46.7 Å². The fraction of sp³-hybridized carbons (Fsp3) is 0.526. The molecular weight excluding hydrogens is 337 g/mol. The lowest BCUT2D eigenvalue weighted by molar-refractivity contribution is 0.371. The molecule has 5 nitrogen and oxygen atoms in total. The lowest BCUT2D eigenvalue weighted by Gasteiger charge is -2.27. The van der Waals surface area contributed by atoms with Gasteiger partial charge in [0.15, 0.2) is 11.5 Å². The zero-order chi connectivity index (χ0) is 18.8. The molecule has 0 amide bonds. The molecule has 0 bridgehead atoms. The van der Waals surface area contributed by atoms with Gasteiger partial charge in [0.2, 0.25) is 0 Å². The third kappa shape index (κ3) is 3.77. The summed E-state index contributed by atoms with van der Waals surface area (Å²) in [7, 11) is -0.937. The number of phenolic OH excluding ortho intramolecular Hbond substituents is 1. The summed E-state index contributed by atoms with van der Waals surface area (Å²) in [5.74, 6) is 1.31. The highest BCUT2D eigenvalue weighted by Crippen LogP contribution is 2.60. The molecule has 6 heteroatoms. The Labute approximate surface area is 149 Å². The Morgan fingerprint density at radius 1 is 1.24 bits per heavy atom. The molecule has 1 aromatic heterocycles. The number of aromatic hydroxyl groups is 1. The van der Waals surface area contributed by atoms with Crippen molar-refractivity contribution in [2.75, 3.05) is 19.4 Å². The number of aromatic nitrogens is 1. The minimum absolute atomic E-state index is 0.130. The second-order valence-electron chi connectivity index (χ2n) is 6.50. The molecule has 1 heterocycles. The number of hydrogen-bond donors (Lipinski definition) is 1. The average molecular weight is 365 g/mol. The van der Waals surface area contributed by atoms with Crippen molar-refractivity contribution in [3.63, 3.8) is 0 Å². The quantitative estimate of drug-likeness (QED) is 0.699. The lowest BCUT2D eigenvalue weighted by Crippen LogP contribution is -2.10. The summed E-state index contributed by atoms with van der Waals surface area (Å²) in [6.45, 7) is 9.59. The highest BCUT2D eigenvalue weighted by Gasteiger charge is 2.33. The third-order valence-corrected chi connectivity index (χ3v) is 8.87. The monoisotopic (exact) mass is 365 g/mol. The molecular formula is C19H28NO4P. The first-order chi connectivity index (χ1) is 11.8. The SMILES string of the molecule is CCP(=O)(CC)C(Cc1c(C)noc1C)c1cc(C)c(O)c(OC)c1. The van der Waals surface area contributed by atoms with Crippen LogP contribution in [0.1, 0.15) is 47.7 Å². The van der Waals surface area contributed by atoms with Crippen LogP contribution in [0.15, 0.2) is 16.7 Å². The van der Waals surface area contributed by atoms with E-state index in [1.165, 1.54) is 7.11 Å². The number of phenols is 1. The zero-order valence-electron chi connectivity index (χ0n) is 15.9. The predicted molar refractivity (Wildman–Crippen MR) is 101 cm³/mol. The summed E-state index contributed by atoms with van der Waals surface area (Å²) >= 11 is 0. The van der Waals surface area contributed by atoms with Crippen molar-refractivity contribution in [3.8, 4) is 11.5 Å². The van der Waals surface area contributed by atoms with E-state index in [0.29, 0.717) is 24.5 Å². The molecule has 0 aliphatic carbocycles. The van der Waals surface area contributed by atoms with Crippen LogP contribution in [0, 0.1) is 20.8 Å². The Bertz CT molecular complexity index is 769. The summed E-state index contributed by atoms with van der Waals surface area (Å²) in [5, 5.41) is 14.2. The zero-order valence-corrected chi connectivity index (χ0v) is 16.8. The van der Waals surface area contributed by atoms with Crippen molar-refractivity contribution in [2.24, 2.45) is 0 Å². The largest absolute Gasteiger partial charge is 0.504 e. The van der Waals surface area contributed by atoms with E-state index in [0.717, 1.165) is 28.1 Å². The topological polar surface area (TPSA) is 72.6 Å². The van der Waals surface area contributed by atoms with Crippen LogP contribution in [0.25, 0.3) is 0 Å². The molecule has 2 aromatic rings. The molecule has 0 radical (unpaired) electrons. The van der Waals surface area contributed by atoms with Gasteiger partial charge in [-0.05, 0) is 56.7 Å². The van der Waals surface area contributed by atoms with E-state index in [4.69, 9.17) is 9.26 Å². The number of hydrogen-bond acceptors (Lipinski definition) is 5. The van der Waals surface area contributed by atoms with Crippen molar-refractivity contribution < 1.29 is 18.9 Å². The van der Waals surface area contributed by atoms with Crippen LogP contribution < -0.4 is 4.74 Å². The van der Waals surface area contributed by atoms with Crippen LogP contribution >= 0.6 is 7.14 Å². The smallest absolute Gasteiger partial charge is 0.161 e. The normalized spacial score (nSPS) is 13.0. The van der Waals surface area contributed by atoms with E-state index in [1.807, 2.05) is 46.8 Å². The lowest BCUT2D eigenvalue weighted by atomic mass is 10.0. The van der Waals surface area contributed by atoms with Gasteiger partial charge in [-0.1, -0.05) is 25.1 Å². The summed E-state index contributed by atoms with van der Waals surface area (Å²) in [6, 6.07) is 3.72. The summed E-state index contributed by atoms with van der Waals surface area (Å²) in [4.78, 5) is 0. The number of aryl methyl sites for hydroxylation is 3. The third-order valence-electron chi connectivity index (χ3n) is 5.11. The van der Waals surface area contributed by atoms with E-state index >= 15 is 0 Å². The molecule has 0 fully saturated rings. The molecule has 1 aromatic carbocycles. The van der Waals surface area contributed by atoms with Crippen molar-refractivity contribution >= 4 is 7.14 Å². The maximum Gasteiger partial charge on any atom is 0.161 e. The van der Waals surface area contributed by atoms with Crippen LogP contribution in [0.5, 0.6) is 11.5 Å². The number of rotatable bonds is 7. The van der Waals surface area contributed by atoms with Gasteiger partial charge in [0.05, 0.1) is 19.9 Å². The predicted octanol–water partition coefficient (Wildman–Crippen LogP) is 5.00. The molecule has 0 aliphatic rings. The Morgan fingerprint density at radius 2 is 1.88 bits per heavy atom. The Kier molecular flexibility index (Phi) is 5.99. The molecule has 138 valence electrons. The number of benzene rings is 1. The second kappa shape index (κ2) is 7.65. The average Bonchev–Trinajstić information content (AvgIpc) is 2.92. The van der Waals surface area contributed by atoms with Crippen LogP contribution in [0.4, 0.5) is 0 Å². The Morgan fingerprint density at radius 3 is 2.36 bits per heavy atom. The fourth-order valence-electron chi connectivity index (χ4n) is 3.33. The summed E-state index contributed by atoms with van der Waals surface area (Å²) < 4.78 is 24.2. The van der Waals surface area contributed by atoms with Crippen molar-refractivity contribution in [1.82, 2.24) is 5.16 Å². The van der Waals surface area contributed by atoms with Gasteiger partial charge in [0, 0.05) is 11.2 Å². The molecule has 25 heavy (non-hydrogen) atoms. The first kappa shape index (κ1) is 19.6. The molecule has 2 rings (SSSR count). The molecule has 0 aliphatic heterocycles. The van der Waals surface area contributed by atoms with Gasteiger partial charge in [-0.15, -0.1) is 0 Å². The van der Waals surface area contributed by atoms with Crippen LogP contribution in [-0.2, 0) is 11.0 Å². The maximum atomic E-state index is 13.6. The number of methoxy groups -OCH3 is 1. The van der Waals surface area contributed by atoms with Crippen LogP contribution in [0.3, 0.4) is 0 Å².